The van der Waals surface area contributed by atoms with E-state index in [1.54, 1.807) is 12.4 Å². The van der Waals surface area contributed by atoms with E-state index in [4.69, 9.17) is 4.98 Å². The van der Waals surface area contributed by atoms with Crippen LogP contribution in [0.2, 0.25) is 0 Å². The second-order valence-electron chi connectivity index (χ2n) is 7.24. The van der Waals surface area contributed by atoms with Crippen molar-refractivity contribution in [2.45, 2.75) is 19.3 Å². The number of aromatic nitrogens is 2. The fourth-order valence-corrected chi connectivity index (χ4v) is 4.27. The number of pyridine rings is 2. The minimum absolute atomic E-state index is 0.135. The number of nitrogens with one attached hydrogen (secondary N) is 1. The maximum absolute atomic E-state index is 13.3. The average molecular weight is 444 g/mol. The highest BCUT2D eigenvalue weighted by Crippen LogP contribution is 2.29. The van der Waals surface area contributed by atoms with Crippen molar-refractivity contribution in [1.82, 2.24) is 9.97 Å². The van der Waals surface area contributed by atoms with Crippen molar-refractivity contribution in [3.05, 3.63) is 88.2 Å². The number of carbonyl (C=O) groups is 1. The Morgan fingerprint density at radius 3 is 2.62 bits per heavy atom. The molecule has 2 aromatic carbocycles. The molecule has 1 amide bonds. The van der Waals surface area contributed by atoms with Gasteiger partial charge in [-0.3, -0.25) is 9.78 Å². The highest BCUT2D eigenvalue weighted by Gasteiger charge is 2.16. The lowest BCUT2D eigenvalue weighted by atomic mass is 10.0. The van der Waals surface area contributed by atoms with Crippen LogP contribution in [0.5, 0.6) is 0 Å². The molecule has 4 aromatic rings. The molecule has 0 atom stereocenters. The van der Waals surface area contributed by atoms with Crippen LogP contribution in [0.4, 0.5) is 5.69 Å². The van der Waals surface area contributed by atoms with Crippen LogP contribution in [0, 0.1) is 0 Å². The summed E-state index contributed by atoms with van der Waals surface area (Å²) in [5, 5.41) is 3.90. The fraction of sp³-hybridized carbons (Fsp3) is 0.125. The quantitative estimate of drug-likeness (QED) is 0.435. The third kappa shape index (κ3) is 3.54. The van der Waals surface area contributed by atoms with Crippen LogP contribution < -0.4 is 5.32 Å². The first kappa shape index (κ1) is 18.0. The maximum Gasteiger partial charge on any atom is 0.256 e. The molecular weight excluding hydrogens is 426 g/mol. The number of fused-ring (bicyclic) bond motifs is 2. The van der Waals surface area contributed by atoms with Crippen molar-refractivity contribution < 1.29 is 4.79 Å². The highest BCUT2D eigenvalue weighted by atomic mass is 79.9. The minimum atomic E-state index is -0.135. The number of anilines is 1. The van der Waals surface area contributed by atoms with Crippen molar-refractivity contribution >= 4 is 38.4 Å². The Kier molecular flexibility index (Phi) is 4.60. The Balaban J connectivity index is 1.58. The van der Waals surface area contributed by atoms with E-state index >= 15 is 0 Å². The molecule has 4 nitrogen and oxygen atoms in total. The summed E-state index contributed by atoms with van der Waals surface area (Å²) in [5.41, 5.74) is 6.62. The van der Waals surface area contributed by atoms with Gasteiger partial charge in [0.15, 0.2) is 0 Å². The van der Waals surface area contributed by atoms with E-state index in [-0.39, 0.29) is 5.91 Å². The lowest BCUT2D eigenvalue weighted by Crippen LogP contribution is -2.13. The van der Waals surface area contributed by atoms with Crippen molar-refractivity contribution in [2.24, 2.45) is 0 Å². The van der Waals surface area contributed by atoms with Gasteiger partial charge in [0.25, 0.3) is 5.91 Å². The van der Waals surface area contributed by atoms with Gasteiger partial charge in [0, 0.05) is 33.5 Å². The van der Waals surface area contributed by atoms with Gasteiger partial charge in [-0.2, -0.15) is 0 Å². The Bertz CT molecular complexity index is 1240. The van der Waals surface area contributed by atoms with E-state index in [0.29, 0.717) is 5.56 Å². The van der Waals surface area contributed by atoms with Gasteiger partial charge in [-0.25, -0.2) is 4.98 Å². The fourth-order valence-electron chi connectivity index (χ4n) is 3.90. The summed E-state index contributed by atoms with van der Waals surface area (Å²) in [6, 6.07) is 17.7. The van der Waals surface area contributed by atoms with E-state index in [2.05, 4.69) is 38.4 Å². The van der Waals surface area contributed by atoms with E-state index in [1.165, 1.54) is 17.5 Å². The second kappa shape index (κ2) is 7.41. The SMILES string of the molecule is O=C(Nc1ccc2c(c1)CCC2)c1cc(-c2ccncc2)nc2ccc(Br)cc12. The first-order chi connectivity index (χ1) is 14.2. The number of nitrogens with zero attached hydrogens (tertiary/aromatic N) is 2. The van der Waals surface area contributed by atoms with Crippen LogP contribution >= 0.6 is 15.9 Å². The summed E-state index contributed by atoms with van der Waals surface area (Å²) in [4.78, 5) is 22.1. The molecule has 0 unspecified atom stereocenters. The Hall–Kier alpha value is -3.05. The number of benzene rings is 2. The second-order valence-corrected chi connectivity index (χ2v) is 8.16. The lowest BCUT2D eigenvalue weighted by molar-refractivity contribution is 0.102. The van der Waals surface area contributed by atoms with Gasteiger partial charge in [-0.05, 0) is 78.9 Å². The standard InChI is InChI=1S/C24H18BrN3O/c25-18-5-7-22-20(13-18)21(14-23(28-22)16-8-10-26-11-9-16)24(29)27-19-6-4-15-2-1-3-17(15)12-19/h4-14H,1-3H2,(H,27,29). The largest absolute Gasteiger partial charge is 0.322 e. The third-order valence-electron chi connectivity index (χ3n) is 5.35. The summed E-state index contributed by atoms with van der Waals surface area (Å²) in [6.07, 6.45) is 6.85. The molecule has 0 radical (unpaired) electrons. The van der Waals surface area contributed by atoms with Gasteiger partial charge < -0.3 is 5.32 Å². The van der Waals surface area contributed by atoms with E-state index in [0.717, 1.165) is 45.2 Å². The lowest BCUT2D eigenvalue weighted by Gasteiger charge is -2.12. The van der Waals surface area contributed by atoms with Crippen LogP contribution in [-0.4, -0.2) is 15.9 Å². The zero-order chi connectivity index (χ0) is 19.8. The number of amides is 1. The van der Waals surface area contributed by atoms with Crippen molar-refractivity contribution in [2.75, 3.05) is 5.32 Å². The number of aryl methyl sites for hydroxylation is 2. The molecule has 2 heterocycles. The summed E-state index contributed by atoms with van der Waals surface area (Å²) in [7, 11) is 0. The van der Waals surface area contributed by atoms with Gasteiger partial charge in [0.2, 0.25) is 0 Å². The Labute approximate surface area is 177 Å². The summed E-state index contributed by atoms with van der Waals surface area (Å²) < 4.78 is 0.912. The average Bonchev–Trinajstić information content (AvgIpc) is 3.21. The molecule has 29 heavy (non-hydrogen) atoms. The summed E-state index contributed by atoms with van der Waals surface area (Å²) >= 11 is 3.51. The predicted molar refractivity (Wildman–Crippen MR) is 119 cm³/mol. The summed E-state index contributed by atoms with van der Waals surface area (Å²) in [5.74, 6) is -0.135. The van der Waals surface area contributed by atoms with Crippen molar-refractivity contribution in [1.29, 1.82) is 0 Å². The molecule has 0 saturated carbocycles. The van der Waals surface area contributed by atoms with Gasteiger partial charge in [0.05, 0.1) is 16.8 Å². The molecule has 2 aromatic heterocycles. The van der Waals surface area contributed by atoms with Crippen molar-refractivity contribution in [3.8, 4) is 11.3 Å². The molecule has 0 spiro atoms. The van der Waals surface area contributed by atoms with Crippen LogP contribution in [0.1, 0.15) is 27.9 Å². The molecular formula is C24H18BrN3O. The molecule has 0 saturated heterocycles. The van der Waals surface area contributed by atoms with Crippen LogP contribution in [0.25, 0.3) is 22.2 Å². The Morgan fingerprint density at radius 1 is 0.931 bits per heavy atom. The molecule has 1 aliphatic rings. The first-order valence-electron chi connectivity index (χ1n) is 9.61. The van der Waals surface area contributed by atoms with Crippen LogP contribution in [0.15, 0.2) is 71.5 Å². The number of halogens is 1. The number of hydrogen-bond donors (Lipinski definition) is 1. The van der Waals surface area contributed by atoms with Crippen LogP contribution in [0.3, 0.4) is 0 Å². The highest BCUT2D eigenvalue weighted by molar-refractivity contribution is 9.10. The summed E-state index contributed by atoms with van der Waals surface area (Å²) in [6.45, 7) is 0. The molecule has 0 aliphatic heterocycles. The minimum Gasteiger partial charge on any atom is -0.322 e. The monoisotopic (exact) mass is 443 g/mol. The number of rotatable bonds is 3. The zero-order valence-corrected chi connectivity index (χ0v) is 17.2. The van der Waals surface area contributed by atoms with E-state index in [1.807, 2.05) is 42.5 Å². The molecule has 5 heteroatoms. The van der Waals surface area contributed by atoms with Gasteiger partial charge in [0.1, 0.15) is 0 Å². The van der Waals surface area contributed by atoms with Gasteiger partial charge in [-0.15, -0.1) is 0 Å². The molecule has 142 valence electrons. The third-order valence-corrected chi connectivity index (χ3v) is 5.84. The maximum atomic E-state index is 13.3. The smallest absolute Gasteiger partial charge is 0.256 e. The predicted octanol–water partition coefficient (Wildman–Crippen LogP) is 5.80. The number of hydrogen-bond acceptors (Lipinski definition) is 3. The molecule has 0 bridgehead atoms. The number of carbonyl (C=O) groups excluding carboxylic acids is 1. The normalized spacial score (nSPS) is 12.7. The molecule has 1 aliphatic carbocycles. The topological polar surface area (TPSA) is 54.9 Å². The molecule has 1 N–H and O–H groups in total. The van der Waals surface area contributed by atoms with Gasteiger partial charge in [-0.1, -0.05) is 22.0 Å². The van der Waals surface area contributed by atoms with E-state index in [9.17, 15) is 4.79 Å². The Morgan fingerprint density at radius 2 is 1.76 bits per heavy atom. The van der Waals surface area contributed by atoms with E-state index < -0.39 is 0 Å². The van der Waals surface area contributed by atoms with Crippen LogP contribution in [-0.2, 0) is 12.8 Å². The van der Waals surface area contributed by atoms with Crippen molar-refractivity contribution in [3.63, 3.8) is 0 Å². The molecule has 5 rings (SSSR count). The molecule has 0 fully saturated rings. The first-order valence-corrected chi connectivity index (χ1v) is 10.4. The zero-order valence-electron chi connectivity index (χ0n) is 15.7. The van der Waals surface area contributed by atoms with Gasteiger partial charge >= 0.3 is 0 Å².